The molecule has 2 fully saturated rings. The average Bonchev–Trinajstić information content (AvgIpc) is 3.16. The molecule has 1 unspecified atom stereocenters. The highest BCUT2D eigenvalue weighted by Crippen LogP contribution is 2.31. The average molecular weight is 367 g/mol. The number of methoxy groups -OCH3 is 1. The topological polar surface area (TPSA) is 72.9 Å². The molecule has 0 spiro atoms. The van der Waals surface area contributed by atoms with Crippen LogP contribution in [0, 0.1) is 5.92 Å². The van der Waals surface area contributed by atoms with Gasteiger partial charge in [0.05, 0.1) is 7.11 Å². The Kier molecular flexibility index (Phi) is 5.51. The van der Waals surface area contributed by atoms with E-state index in [0.29, 0.717) is 25.1 Å². The standard InChI is InChI=1S/C18H25NO5S/c1-23-16-10-4-5-11-17(16)24-25(21,22)15-9-6-12-19(13-15)18(20)14-7-2-3-8-14/h4-5,10-11,14-15H,2-3,6-9,12-13H2,1H3. The molecule has 0 bridgehead atoms. The van der Waals surface area contributed by atoms with Crippen LogP contribution in [0.5, 0.6) is 11.5 Å². The smallest absolute Gasteiger partial charge is 0.313 e. The summed E-state index contributed by atoms with van der Waals surface area (Å²) >= 11 is 0. The zero-order valence-electron chi connectivity index (χ0n) is 14.5. The molecule has 1 aromatic carbocycles. The molecule has 0 radical (unpaired) electrons. The molecule has 1 aliphatic carbocycles. The Bertz CT molecular complexity index is 712. The summed E-state index contributed by atoms with van der Waals surface area (Å²) < 4.78 is 35.9. The van der Waals surface area contributed by atoms with Crippen LogP contribution in [0.3, 0.4) is 0 Å². The van der Waals surface area contributed by atoms with Gasteiger partial charge in [0.15, 0.2) is 11.5 Å². The lowest BCUT2D eigenvalue weighted by Gasteiger charge is -2.33. The Balaban J connectivity index is 1.70. The lowest BCUT2D eigenvalue weighted by Crippen LogP contribution is -2.47. The van der Waals surface area contributed by atoms with Crippen molar-refractivity contribution < 1.29 is 22.1 Å². The van der Waals surface area contributed by atoms with Crippen LogP contribution in [0.15, 0.2) is 24.3 Å². The first kappa shape index (κ1) is 18.0. The monoisotopic (exact) mass is 367 g/mol. The molecule has 1 aromatic rings. The predicted octanol–water partition coefficient (Wildman–Crippen LogP) is 2.59. The van der Waals surface area contributed by atoms with Crippen LogP contribution in [-0.4, -0.2) is 44.7 Å². The first-order valence-corrected chi connectivity index (χ1v) is 10.3. The number of amides is 1. The van der Waals surface area contributed by atoms with Gasteiger partial charge in [-0.1, -0.05) is 25.0 Å². The van der Waals surface area contributed by atoms with E-state index in [-0.39, 0.29) is 24.1 Å². The lowest BCUT2D eigenvalue weighted by molar-refractivity contribution is -0.136. The van der Waals surface area contributed by atoms with E-state index in [4.69, 9.17) is 8.92 Å². The molecule has 25 heavy (non-hydrogen) atoms. The third kappa shape index (κ3) is 4.08. The van der Waals surface area contributed by atoms with E-state index in [1.165, 1.54) is 7.11 Å². The highest BCUT2D eigenvalue weighted by atomic mass is 32.2. The fraction of sp³-hybridized carbons (Fsp3) is 0.611. The fourth-order valence-electron chi connectivity index (χ4n) is 3.69. The first-order chi connectivity index (χ1) is 12.0. The number of ether oxygens (including phenoxy) is 1. The second-order valence-corrected chi connectivity index (χ2v) is 8.58. The molecule has 1 saturated carbocycles. The minimum Gasteiger partial charge on any atom is -0.493 e. The molecule has 2 aliphatic rings. The van der Waals surface area contributed by atoms with Crippen molar-refractivity contribution in [3.63, 3.8) is 0 Å². The van der Waals surface area contributed by atoms with Crippen molar-refractivity contribution in [3.8, 4) is 11.5 Å². The van der Waals surface area contributed by atoms with Crippen molar-refractivity contribution in [1.29, 1.82) is 0 Å². The highest BCUT2D eigenvalue weighted by molar-refractivity contribution is 7.87. The Hall–Kier alpha value is -1.76. The van der Waals surface area contributed by atoms with Crippen LogP contribution in [-0.2, 0) is 14.9 Å². The molecule has 6 nitrogen and oxygen atoms in total. The van der Waals surface area contributed by atoms with E-state index in [1.54, 1.807) is 29.2 Å². The number of hydrogen-bond acceptors (Lipinski definition) is 5. The Morgan fingerprint density at radius 3 is 2.44 bits per heavy atom. The third-order valence-electron chi connectivity index (χ3n) is 5.08. The molecule has 0 N–H and O–H groups in total. The number of nitrogens with zero attached hydrogens (tertiary/aromatic N) is 1. The van der Waals surface area contributed by atoms with E-state index in [1.807, 2.05) is 0 Å². The van der Waals surface area contributed by atoms with Crippen molar-refractivity contribution >= 4 is 16.0 Å². The lowest BCUT2D eigenvalue weighted by atomic mass is 10.0. The molecule has 7 heteroatoms. The van der Waals surface area contributed by atoms with Crippen LogP contribution in [0.25, 0.3) is 0 Å². The normalized spacial score (nSPS) is 22.0. The summed E-state index contributed by atoms with van der Waals surface area (Å²) in [5, 5.41) is -0.698. The largest absolute Gasteiger partial charge is 0.493 e. The predicted molar refractivity (Wildman–Crippen MR) is 94.1 cm³/mol. The molecule has 1 amide bonds. The van der Waals surface area contributed by atoms with Crippen LogP contribution in [0.2, 0.25) is 0 Å². The van der Waals surface area contributed by atoms with Crippen molar-refractivity contribution in [2.75, 3.05) is 20.2 Å². The Morgan fingerprint density at radius 2 is 1.76 bits per heavy atom. The van der Waals surface area contributed by atoms with Crippen molar-refractivity contribution in [1.82, 2.24) is 4.90 Å². The van der Waals surface area contributed by atoms with Crippen LogP contribution in [0.4, 0.5) is 0 Å². The number of benzene rings is 1. The molecular weight excluding hydrogens is 342 g/mol. The van der Waals surface area contributed by atoms with Gasteiger partial charge in [-0.25, -0.2) is 0 Å². The van der Waals surface area contributed by atoms with E-state index in [2.05, 4.69) is 0 Å². The second-order valence-electron chi connectivity index (χ2n) is 6.76. The summed E-state index contributed by atoms with van der Waals surface area (Å²) in [6.07, 6.45) is 5.20. The highest BCUT2D eigenvalue weighted by Gasteiger charge is 2.37. The molecule has 138 valence electrons. The number of hydrogen-bond donors (Lipinski definition) is 0. The van der Waals surface area contributed by atoms with Gasteiger partial charge in [-0.15, -0.1) is 0 Å². The van der Waals surface area contributed by atoms with E-state index >= 15 is 0 Å². The Labute approximate surface area is 149 Å². The number of carbonyl (C=O) groups excluding carboxylic acids is 1. The molecule has 3 rings (SSSR count). The summed E-state index contributed by atoms with van der Waals surface area (Å²) in [7, 11) is -2.36. The minimum absolute atomic E-state index is 0.0663. The fourth-order valence-corrected chi connectivity index (χ4v) is 5.03. The maximum atomic E-state index is 12.7. The first-order valence-electron chi connectivity index (χ1n) is 8.86. The molecule has 0 aromatic heterocycles. The zero-order chi connectivity index (χ0) is 17.9. The summed E-state index contributed by atoms with van der Waals surface area (Å²) in [5.74, 6) is 0.733. The van der Waals surface area contributed by atoms with Gasteiger partial charge in [0, 0.05) is 19.0 Å². The van der Waals surface area contributed by atoms with Gasteiger partial charge in [-0.3, -0.25) is 4.79 Å². The van der Waals surface area contributed by atoms with Crippen molar-refractivity contribution in [3.05, 3.63) is 24.3 Å². The van der Waals surface area contributed by atoms with Gasteiger partial charge < -0.3 is 13.8 Å². The molecule has 1 saturated heterocycles. The van der Waals surface area contributed by atoms with Crippen molar-refractivity contribution in [2.24, 2.45) is 5.92 Å². The Morgan fingerprint density at radius 1 is 1.08 bits per heavy atom. The van der Waals surface area contributed by atoms with Gasteiger partial charge in [-0.2, -0.15) is 8.42 Å². The summed E-state index contributed by atoms with van der Waals surface area (Å²) in [5.41, 5.74) is 0. The molecular formula is C18H25NO5S. The van der Waals surface area contributed by atoms with E-state index in [0.717, 1.165) is 25.7 Å². The summed E-state index contributed by atoms with van der Waals surface area (Å²) in [6.45, 7) is 0.850. The second kappa shape index (κ2) is 7.64. The quantitative estimate of drug-likeness (QED) is 0.748. The summed E-state index contributed by atoms with van der Waals surface area (Å²) in [6, 6.07) is 6.67. The maximum absolute atomic E-state index is 12.7. The minimum atomic E-state index is -3.83. The molecule has 1 atom stereocenters. The number of piperidine rings is 1. The number of carbonyl (C=O) groups is 1. The van der Waals surface area contributed by atoms with Gasteiger partial charge in [0.2, 0.25) is 5.91 Å². The third-order valence-corrected chi connectivity index (χ3v) is 6.69. The van der Waals surface area contributed by atoms with E-state index in [9.17, 15) is 13.2 Å². The summed E-state index contributed by atoms with van der Waals surface area (Å²) in [4.78, 5) is 14.3. The van der Waals surface area contributed by atoms with Crippen molar-refractivity contribution in [2.45, 2.75) is 43.8 Å². The van der Waals surface area contributed by atoms with Gasteiger partial charge in [0.25, 0.3) is 0 Å². The van der Waals surface area contributed by atoms with Gasteiger partial charge >= 0.3 is 10.1 Å². The zero-order valence-corrected chi connectivity index (χ0v) is 15.3. The van der Waals surface area contributed by atoms with Gasteiger partial charge in [-0.05, 0) is 37.8 Å². The van der Waals surface area contributed by atoms with E-state index < -0.39 is 15.4 Å². The maximum Gasteiger partial charge on any atom is 0.313 e. The van der Waals surface area contributed by atoms with Crippen LogP contribution >= 0.6 is 0 Å². The molecule has 1 aliphatic heterocycles. The number of para-hydroxylation sites is 2. The SMILES string of the molecule is COc1ccccc1OS(=O)(=O)C1CCCN(C(=O)C2CCCC2)C1. The number of likely N-dealkylation sites (tertiary alicyclic amines) is 1. The van der Waals surface area contributed by atoms with Crippen LogP contribution in [0.1, 0.15) is 38.5 Å². The van der Waals surface area contributed by atoms with Crippen LogP contribution < -0.4 is 8.92 Å². The van der Waals surface area contributed by atoms with Gasteiger partial charge in [0.1, 0.15) is 5.25 Å². The number of rotatable bonds is 5. The molecule has 1 heterocycles.